The Hall–Kier alpha value is -1.62. The number of pyridine rings is 1. The summed E-state index contributed by atoms with van der Waals surface area (Å²) in [5.41, 5.74) is 0.680. The third kappa shape index (κ3) is 3.51. The number of hydrogen-bond acceptors (Lipinski definition) is 4. The summed E-state index contributed by atoms with van der Waals surface area (Å²) in [6.45, 7) is 2.43. The lowest BCUT2D eigenvalue weighted by Crippen LogP contribution is -2.14. The van der Waals surface area contributed by atoms with E-state index < -0.39 is 5.97 Å². The molecule has 1 aromatic heterocycles. The molecule has 0 bridgehead atoms. The second-order valence-corrected chi connectivity index (χ2v) is 3.50. The molecule has 1 atom stereocenters. The summed E-state index contributed by atoms with van der Waals surface area (Å²) in [5.74, 6) is -0.985. The van der Waals surface area contributed by atoms with Gasteiger partial charge in [-0.3, -0.25) is 4.98 Å². The van der Waals surface area contributed by atoms with Gasteiger partial charge >= 0.3 is 5.97 Å². The first kappa shape index (κ1) is 12.4. The monoisotopic (exact) mass is 224 g/mol. The van der Waals surface area contributed by atoms with Crippen molar-refractivity contribution in [2.45, 2.75) is 25.9 Å². The standard InChI is InChI=1S/C11H16N2O3/c1-2-8(14)3-6-13-10-7-12-5-4-9(10)11(15)16/h4-5,7-8,13-14H,2-3,6H2,1H3,(H,15,16). The molecule has 1 aromatic rings. The molecular weight excluding hydrogens is 208 g/mol. The van der Waals surface area contributed by atoms with Gasteiger partial charge in [0, 0.05) is 12.7 Å². The van der Waals surface area contributed by atoms with E-state index in [1.165, 1.54) is 18.5 Å². The Morgan fingerprint density at radius 2 is 2.38 bits per heavy atom. The Morgan fingerprint density at radius 3 is 3.00 bits per heavy atom. The number of aliphatic hydroxyl groups excluding tert-OH is 1. The number of rotatable bonds is 6. The second kappa shape index (κ2) is 6.07. The lowest BCUT2D eigenvalue weighted by molar-refractivity contribution is 0.0698. The van der Waals surface area contributed by atoms with E-state index in [2.05, 4.69) is 10.3 Å². The molecule has 88 valence electrons. The van der Waals surface area contributed by atoms with Crippen molar-refractivity contribution in [3.63, 3.8) is 0 Å². The lowest BCUT2D eigenvalue weighted by Gasteiger charge is -2.11. The van der Waals surface area contributed by atoms with Crippen LogP contribution in [0.2, 0.25) is 0 Å². The van der Waals surface area contributed by atoms with E-state index in [1.54, 1.807) is 0 Å². The Bertz CT molecular complexity index is 355. The van der Waals surface area contributed by atoms with Crippen LogP contribution in [0.25, 0.3) is 0 Å². The van der Waals surface area contributed by atoms with Gasteiger partial charge in [0.1, 0.15) is 0 Å². The first-order valence-corrected chi connectivity index (χ1v) is 5.24. The zero-order valence-electron chi connectivity index (χ0n) is 9.18. The molecule has 5 nitrogen and oxygen atoms in total. The minimum absolute atomic E-state index is 0.195. The van der Waals surface area contributed by atoms with Crippen molar-refractivity contribution in [1.29, 1.82) is 0 Å². The fourth-order valence-electron chi connectivity index (χ4n) is 1.30. The van der Waals surface area contributed by atoms with Crippen molar-refractivity contribution in [3.05, 3.63) is 24.0 Å². The zero-order chi connectivity index (χ0) is 12.0. The summed E-state index contributed by atoms with van der Waals surface area (Å²) in [7, 11) is 0. The maximum Gasteiger partial charge on any atom is 0.337 e. The average Bonchev–Trinajstić information content (AvgIpc) is 2.29. The van der Waals surface area contributed by atoms with Gasteiger partial charge in [0.05, 0.1) is 23.6 Å². The maximum atomic E-state index is 10.9. The van der Waals surface area contributed by atoms with Crippen LogP contribution >= 0.6 is 0 Å². The highest BCUT2D eigenvalue weighted by Gasteiger charge is 2.09. The van der Waals surface area contributed by atoms with E-state index in [-0.39, 0.29) is 11.7 Å². The fourth-order valence-corrected chi connectivity index (χ4v) is 1.30. The second-order valence-electron chi connectivity index (χ2n) is 3.50. The molecule has 0 aliphatic carbocycles. The Balaban J connectivity index is 2.56. The highest BCUT2D eigenvalue weighted by molar-refractivity contribution is 5.93. The van der Waals surface area contributed by atoms with Crippen molar-refractivity contribution < 1.29 is 15.0 Å². The molecule has 0 aliphatic heterocycles. The summed E-state index contributed by atoms with van der Waals surface area (Å²) in [5, 5.41) is 21.2. The van der Waals surface area contributed by atoms with Crippen LogP contribution in [0.3, 0.4) is 0 Å². The van der Waals surface area contributed by atoms with Crippen LogP contribution in [0.15, 0.2) is 18.5 Å². The van der Waals surface area contributed by atoms with Gasteiger partial charge in [-0.1, -0.05) is 6.92 Å². The van der Waals surface area contributed by atoms with Crippen molar-refractivity contribution >= 4 is 11.7 Å². The number of hydrogen-bond donors (Lipinski definition) is 3. The molecule has 3 N–H and O–H groups in total. The maximum absolute atomic E-state index is 10.9. The zero-order valence-corrected chi connectivity index (χ0v) is 9.18. The van der Waals surface area contributed by atoms with Gasteiger partial charge < -0.3 is 15.5 Å². The first-order valence-electron chi connectivity index (χ1n) is 5.24. The topological polar surface area (TPSA) is 82.5 Å². The largest absolute Gasteiger partial charge is 0.478 e. The van der Waals surface area contributed by atoms with Gasteiger partial charge in [-0.25, -0.2) is 4.79 Å². The van der Waals surface area contributed by atoms with E-state index >= 15 is 0 Å². The van der Waals surface area contributed by atoms with Crippen molar-refractivity contribution in [1.82, 2.24) is 4.98 Å². The molecule has 0 aromatic carbocycles. The number of aliphatic hydroxyl groups is 1. The highest BCUT2D eigenvalue weighted by Crippen LogP contribution is 2.13. The average molecular weight is 224 g/mol. The number of anilines is 1. The Morgan fingerprint density at radius 1 is 1.62 bits per heavy atom. The van der Waals surface area contributed by atoms with Gasteiger partial charge in [0.2, 0.25) is 0 Å². The van der Waals surface area contributed by atoms with Crippen LogP contribution in [0, 0.1) is 0 Å². The Labute approximate surface area is 94.1 Å². The predicted octanol–water partition coefficient (Wildman–Crippen LogP) is 1.35. The third-order valence-corrected chi connectivity index (χ3v) is 2.32. The van der Waals surface area contributed by atoms with Crippen molar-refractivity contribution in [3.8, 4) is 0 Å². The van der Waals surface area contributed by atoms with Crippen LogP contribution in [-0.4, -0.2) is 33.8 Å². The normalized spacial score (nSPS) is 12.1. The molecule has 1 unspecified atom stereocenters. The Kier molecular flexibility index (Phi) is 4.72. The molecule has 0 aliphatic rings. The van der Waals surface area contributed by atoms with E-state index in [9.17, 15) is 9.90 Å². The SMILES string of the molecule is CCC(O)CCNc1cnccc1C(=O)O. The van der Waals surface area contributed by atoms with E-state index in [0.29, 0.717) is 25.1 Å². The van der Waals surface area contributed by atoms with Crippen LogP contribution in [0.1, 0.15) is 30.1 Å². The quantitative estimate of drug-likeness (QED) is 0.679. The number of nitrogens with zero attached hydrogens (tertiary/aromatic N) is 1. The number of carboxylic acid groups (broad SMARTS) is 1. The third-order valence-electron chi connectivity index (χ3n) is 2.32. The summed E-state index contributed by atoms with van der Waals surface area (Å²) < 4.78 is 0. The fraction of sp³-hybridized carbons (Fsp3) is 0.455. The van der Waals surface area contributed by atoms with Crippen LogP contribution in [0.4, 0.5) is 5.69 Å². The van der Waals surface area contributed by atoms with Crippen molar-refractivity contribution in [2.75, 3.05) is 11.9 Å². The summed E-state index contributed by atoms with van der Waals surface area (Å²) in [6.07, 6.45) is 3.85. The molecule has 0 amide bonds. The molecule has 1 rings (SSSR count). The first-order chi connectivity index (χ1) is 7.65. The molecule has 0 spiro atoms. The van der Waals surface area contributed by atoms with Gasteiger partial charge in [-0.2, -0.15) is 0 Å². The summed E-state index contributed by atoms with van der Waals surface area (Å²) in [4.78, 5) is 14.7. The number of carboxylic acids is 1. The summed E-state index contributed by atoms with van der Waals surface area (Å²) in [6, 6.07) is 1.45. The summed E-state index contributed by atoms with van der Waals surface area (Å²) >= 11 is 0. The van der Waals surface area contributed by atoms with E-state index in [4.69, 9.17) is 5.11 Å². The molecule has 0 saturated carbocycles. The van der Waals surface area contributed by atoms with Crippen molar-refractivity contribution in [2.24, 2.45) is 0 Å². The van der Waals surface area contributed by atoms with Gasteiger partial charge in [0.15, 0.2) is 0 Å². The highest BCUT2D eigenvalue weighted by atomic mass is 16.4. The predicted molar refractivity (Wildman–Crippen MR) is 60.6 cm³/mol. The van der Waals surface area contributed by atoms with E-state index in [0.717, 1.165) is 0 Å². The molecule has 0 saturated heterocycles. The minimum atomic E-state index is -0.985. The lowest BCUT2D eigenvalue weighted by atomic mass is 10.2. The van der Waals surface area contributed by atoms with Gasteiger partial charge in [0.25, 0.3) is 0 Å². The smallest absolute Gasteiger partial charge is 0.337 e. The molecular formula is C11H16N2O3. The molecule has 0 fully saturated rings. The number of nitrogens with one attached hydrogen (secondary N) is 1. The van der Waals surface area contributed by atoms with Gasteiger partial charge in [-0.05, 0) is 18.9 Å². The van der Waals surface area contributed by atoms with Crippen LogP contribution in [0.5, 0.6) is 0 Å². The van der Waals surface area contributed by atoms with E-state index in [1.807, 2.05) is 6.92 Å². The molecule has 0 radical (unpaired) electrons. The van der Waals surface area contributed by atoms with Gasteiger partial charge in [-0.15, -0.1) is 0 Å². The number of carbonyl (C=O) groups is 1. The van der Waals surface area contributed by atoms with Crippen LogP contribution in [-0.2, 0) is 0 Å². The number of aromatic carboxylic acids is 1. The minimum Gasteiger partial charge on any atom is -0.478 e. The number of aromatic nitrogens is 1. The molecule has 5 heteroatoms. The molecule has 16 heavy (non-hydrogen) atoms. The van der Waals surface area contributed by atoms with Crippen LogP contribution < -0.4 is 5.32 Å². The molecule has 1 heterocycles.